The fraction of sp³-hybridized carbons (Fsp3) is 0.211. The Morgan fingerprint density at radius 3 is 2.54 bits per heavy atom. The van der Waals surface area contributed by atoms with Gasteiger partial charge in [0.1, 0.15) is 17.1 Å². The van der Waals surface area contributed by atoms with Crippen LogP contribution in [0.25, 0.3) is 22.3 Å². The molecule has 3 aromatic rings. The van der Waals surface area contributed by atoms with Gasteiger partial charge in [0.2, 0.25) is 0 Å². The second-order valence-electron chi connectivity index (χ2n) is 5.55. The van der Waals surface area contributed by atoms with E-state index in [9.17, 15) is 15.0 Å². The Balaban J connectivity index is 2.27. The van der Waals surface area contributed by atoms with Gasteiger partial charge in [-0.3, -0.25) is 4.79 Å². The van der Waals surface area contributed by atoms with Gasteiger partial charge in [-0.2, -0.15) is 0 Å². The quantitative estimate of drug-likeness (QED) is 0.761. The van der Waals surface area contributed by atoms with Crippen molar-refractivity contribution in [2.75, 3.05) is 7.11 Å². The third-order valence-corrected chi connectivity index (χ3v) is 3.94. The Labute approximate surface area is 138 Å². The summed E-state index contributed by atoms with van der Waals surface area (Å²) in [6.07, 6.45) is 1.42. The summed E-state index contributed by atoms with van der Waals surface area (Å²) < 4.78 is 11.0. The molecule has 5 heteroatoms. The fourth-order valence-electron chi connectivity index (χ4n) is 2.73. The van der Waals surface area contributed by atoms with E-state index in [0.29, 0.717) is 40.0 Å². The molecule has 0 amide bonds. The molecule has 0 saturated carbocycles. The van der Waals surface area contributed by atoms with Crippen LogP contribution in [0.2, 0.25) is 0 Å². The molecule has 24 heavy (non-hydrogen) atoms. The average Bonchev–Trinajstić information content (AvgIpc) is 2.58. The number of aromatic hydroxyl groups is 2. The van der Waals surface area contributed by atoms with Crippen molar-refractivity contribution in [1.29, 1.82) is 0 Å². The molecule has 1 aromatic heterocycles. The van der Waals surface area contributed by atoms with Crippen molar-refractivity contribution < 1.29 is 19.4 Å². The lowest BCUT2D eigenvalue weighted by molar-refractivity contribution is 0.373. The summed E-state index contributed by atoms with van der Waals surface area (Å²) in [6.45, 7) is 1.99. The highest BCUT2D eigenvalue weighted by Gasteiger charge is 2.14. The van der Waals surface area contributed by atoms with E-state index in [1.165, 1.54) is 25.3 Å². The smallest absolute Gasteiger partial charge is 0.193 e. The van der Waals surface area contributed by atoms with Crippen molar-refractivity contribution >= 4 is 11.0 Å². The van der Waals surface area contributed by atoms with E-state index in [2.05, 4.69) is 0 Å². The number of fused-ring (bicyclic) bond motifs is 1. The van der Waals surface area contributed by atoms with E-state index in [0.717, 1.165) is 6.42 Å². The van der Waals surface area contributed by atoms with Gasteiger partial charge in [0.05, 0.1) is 12.5 Å². The number of hydrogen-bond acceptors (Lipinski definition) is 5. The zero-order chi connectivity index (χ0) is 17.3. The molecule has 0 spiro atoms. The number of rotatable bonds is 4. The van der Waals surface area contributed by atoms with Gasteiger partial charge in [0, 0.05) is 17.2 Å². The van der Waals surface area contributed by atoms with Gasteiger partial charge in [-0.05, 0) is 36.8 Å². The molecule has 0 fully saturated rings. The van der Waals surface area contributed by atoms with Crippen molar-refractivity contribution in [3.63, 3.8) is 0 Å². The van der Waals surface area contributed by atoms with Gasteiger partial charge >= 0.3 is 0 Å². The molecule has 0 aliphatic carbocycles. The lowest BCUT2D eigenvalue weighted by Crippen LogP contribution is -2.02. The zero-order valence-corrected chi connectivity index (χ0v) is 13.5. The Kier molecular flexibility index (Phi) is 4.16. The minimum atomic E-state index is -0.185. The molecule has 124 valence electrons. The first-order chi connectivity index (χ1) is 11.5. The van der Waals surface area contributed by atoms with Crippen molar-refractivity contribution in [1.82, 2.24) is 0 Å². The van der Waals surface area contributed by atoms with Crippen LogP contribution in [0.4, 0.5) is 0 Å². The molecular formula is C19H18O5. The van der Waals surface area contributed by atoms with Crippen LogP contribution in [0.5, 0.6) is 17.2 Å². The summed E-state index contributed by atoms with van der Waals surface area (Å²) in [4.78, 5) is 12.4. The Bertz CT molecular complexity index is 956. The number of phenols is 2. The highest BCUT2D eigenvalue weighted by molar-refractivity contribution is 5.83. The van der Waals surface area contributed by atoms with Crippen LogP contribution in [0.15, 0.2) is 45.6 Å². The maximum absolute atomic E-state index is 12.4. The number of aryl methyl sites for hydroxylation is 1. The van der Waals surface area contributed by atoms with E-state index >= 15 is 0 Å². The minimum absolute atomic E-state index is 0.00806. The Morgan fingerprint density at radius 2 is 1.83 bits per heavy atom. The highest BCUT2D eigenvalue weighted by Crippen LogP contribution is 2.34. The van der Waals surface area contributed by atoms with Gasteiger partial charge in [-0.25, -0.2) is 0 Å². The molecule has 3 rings (SSSR count). The normalized spacial score (nSPS) is 10.9. The monoisotopic (exact) mass is 326 g/mol. The summed E-state index contributed by atoms with van der Waals surface area (Å²) in [6, 6.07) is 9.21. The zero-order valence-electron chi connectivity index (χ0n) is 13.5. The van der Waals surface area contributed by atoms with Gasteiger partial charge in [-0.15, -0.1) is 0 Å². The van der Waals surface area contributed by atoms with Crippen LogP contribution in [0.1, 0.15) is 18.9 Å². The highest BCUT2D eigenvalue weighted by atomic mass is 16.5. The van der Waals surface area contributed by atoms with Crippen LogP contribution < -0.4 is 10.2 Å². The van der Waals surface area contributed by atoms with E-state index in [1.54, 1.807) is 18.2 Å². The first-order valence-electron chi connectivity index (χ1n) is 7.71. The second kappa shape index (κ2) is 6.28. The topological polar surface area (TPSA) is 79.9 Å². The lowest BCUT2D eigenvalue weighted by atomic mass is 10.0. The molecule has 2 N–H and O–H groups in total. The number of benzene rings is 2. The van der Waals surface area contributed by atoms with Crippen LogP contribution in [-0.2, 0) is 6.42 Å². The lowest BCUT2D eigenvalue weighted by Gasteiger charge is -2.10. The van der Waals surface area contributed by atoms with Crippen molar-refractivity contribution in [2.45, 2.75) is 19.8 Å². The van der Waals surface area contributed by atoms with Crippen LogP contribution in [-0.4, -0.2) is 17.3 Å². The third-order valence-electron chi connectivity index (χ3n) is 3.94. The molecule has 0 atom stereocenters. The summed E-state index contributed by atoms with van der Waals surface area (Å²) in [5, 5.41) is 20.2. The molecule has 5 nitrogen and oxygen atoms in total. The van der Waals surface area contributed by atoms with Crippen LogP contribution in [0, 0.1) is 0 Å². The van der Waals surface area contributed by atoms with Gasteiger partial charge < -0.3 is 19.4 Å². The molecule has 0 unspecified atom stereocenters. The van der Waals surface area contributed by atoms with Gasteiger partial charge in [0.15, 0.2) is 16.9 Å². The predicted octanol–water partition coefficient (Wildman–Crippen LogP) is 3.83. The molecule has 0 aliphatic rings. The Morgan fingerprint density at radius 1 is 1.08 bits per heavy atom. The van der Waals surface area contributed by atoms with Gasteiger partial charge in [0.25, 0.3) is 0 Å². The van der Waals surface area contributed by atoms with Crippen LogP contribution in [0.3, 0.4) is 0 Å². The first-order valence-corrected chi connectivity index (χ1v) is 7.71. The van der Waals surface area contributed by atoms with E-state index in [1.807, 2.05) is 6.92 Å². The molecule has 2 aromatic carbocycles. The summed E-state index contributed by atoms with van der Waals surface area (Å²) in [7, 11) is 1.45. The standard InChI is InChI=1S/C19H18O5/c1-3-4-12-14(20)8-6-13-16(22)10-17(24-19(12)13)11-5-7-15(21)18(9-11)23-2/h5-10,20-21H,3-4H2,1-2H3. The van der Waals surface area contributed by atoms with Crippen LogP contribution >= 0.6 is 0 Å². The molecule has 0 bridgehead atoms. The summed E-state index contributed by atoms with van der Waals surface area (Å²) >= 11 is 0. The van der Waals surface area contributed by atoms with Crippen molar-refractivity contribution in [2.24, 2.45) is 0 Å². The first kappa shape index (κ1) is 15.9. The fourth-order valence-corrected chi connectivity index (χ4v) is 2.73. The third kappa shape index (κ3) is 2.69. The van der Waals surface area contributed by atoms with Gasteiger partial charge in [-0.1, -0.05) is 13.3 Å². The molecule has 0 radical (unpaired) electrons. The largest absolute Gasteiger partial charge is 0.508 e. The predicted molar refractivity (Wildman–Crippen MR) is 91.8 cm³/mol. The molecule has 0 aliphatic heterocycles. The SMILES string of the molecule is CCCc1c(O)ccc2c(=O)cc(-c3ccc(O)c(OC)c3)oc12. The number of hydrogen-bond donors (Lipinski definition) is 2. The van der Waals surface area contributed by atoms with E-state index in [4.69, 9.17) is 9.15 Å². The number of ether oxygens (including phenoxy) is 1. The van der Waals surface area contributed by atoms with Crippen molar-refractivity contribution in [3.8, 4) is 28.6 Å². The number of methoxy groups -OCH3 is 1. The van der Waals surface area contributed by atoms with E-state index in [-0.39, 0.29) is 16.9 Å². The molecular weight excluding hydrogens is 308 g/mol. The maximum atomic E-state index is 12.4. The average molecular weight is 326 g/mol. The molecule has 1 heterocycles. The summed E-state index contributed by atoms with van der Waals surface area (Å²) in [5.41, 5.74) is 1.44. The minimum Gasteiger partial charge on any atom is -0.508 e. The summed E-state index contributed by atoms with van der Waals surface area (Å²) in [5.74, 6) is 0.773. The van der Waals surface area contributed by atoms with E-state index < -0.39 is 0 Å². The maximum Gasteiger partial charge on any atom is 0.193 e. The van der Waals surface area contributed by atoms with Crippen molar-refractivity contribution in [3.05, 3.63) is 52.2 Å². The second-order valence-corrected chi connectivity index (χ2v) is 5.55. The molecule has 0 saturated heterocycles. The number of phenolic OH excluding ortho intramolecular Hbond substituents is 2. The Hall–Kier alpha value is -2.95.